The molecule has 0 aliphatic heterocycles. The van der Waals surface area contributed by atoms with Gasteiger partial charge in [0.25, 0.3) is 0 Å². The minimum Gasteiger partial charge on any atom is -0.342 e. The van der Waals surface area contributed by atoms with Gasteiger partial charge in [-0.1, -0.05) is 0 Å². The van der Waals surface area contributed by atoms with E-state index in [0.717, 1.165) is 0 Å². The Morgan fingerprint density at radius 2 is 1.92 bits per heavy atom. The molecular formula is C6H12ClNO3S. The standard InChI is InChI=1S/C6H12ClNO3S/c1-5(2)8(3)6(9)4-12(7,10)11/h5H,4H2,1-3H3. The second kappa shape index (κ2) is 4.09. The first-order valence-electron chi connectivity index (χ1n) is 3.42. The molecular weight excluding hydrogens is 202 g/mol. The van der Waals surface area contributed by atoms with E-state index in [0.29, 0.717) is 0 Å². The van der Waals surface area contributed by atoms with Crippen molar-refractivity contribution in [3.8, 4) is 0 Å². The van der Waals surface area contributed by atoms with E-state index < -0.39 is 20.7 Å². The van der Waals surface area contributed by atoms with Crippen LogP contribution in [0.2, 0.25) is 0 Å². The van der Waals surface area contributed by atoms with Gasteiger partial charge < -0.3 is 4.90 Å². The molecule has 72 valence electrons. The van der Waals surface area contributed by atoms with Crippen molar-refractivity contribution >= 4 is 25.6 Å². The fraction of sp³-hybridized carbons (Fsp3) is 0.833. The lowest BCUT2D eigenvalue weighted by molar-refractivity contribution is -0.128. The Labute approximate surface area is 76.9 Å². The van der Waals surface area contributed by atoms with Crippen molar-refractivity contribution in [1.82, 2.24) is 4.90 Å². The van der Waals surface area contributed by atoms with Crippen molar-refractivity contribution in [3.05, 3.63) is 0 Å². The van der Waals surface area contributed by atoms with Crippen LogP contribution in [-0.4, -0.2) is 38.1 Å². The van der Waals surface area contributed by atoms with Crippen LogP contribution in [0.3, 0.4) is 0 Å². The highest BCUT2D eigenvalue weighted by Crippen LogP contribution is 2.01. The molecule has 0 unspecified atom stereocenters. The third-order valence-electron chi connectivity index (χ3n) is 1.46. The molecule has 0 aliphatic rings. The van der Waals surface area contributed by atoms with E-state index in [-0.39, 0.29) is 6.04 Å². The van der Waals surface area contributed by atoms with E-state index in [2.05, 4.69) is 0 Å². The van der Waals surface area contributed by atoms with E-state index in [1.807, 2.05) is 0 Å². The highest BCUT2D eigenvalue weighted by atomic mass is 35.7. The molecule has 0 bridgehead atoms. The maximum absolute atomic E-state index is 11.1. The van der Waals surface area contributed by atoms with Crippen LogP contribution in [0.5, 0.6) is 0 Å². The summed E-state index contributed by atoms with van der Waals surface area (Å²) in [6, 6.07) is -0.0177. The molecule has 0 aromatic heterocycles. The Balaban J connectivity index is 4.25. The summed E-state index contributed by atoms with van der Waals surface area (Å²) in [6.07, 6.45) is 0. The fourth-order valence-electron chi connectivity index (χ4n) is 0.537. The Hall–Kier alpha value is -0.290. The molecule has 0 rings (SSSR count). The van der Waals surface area contributed by atoms with Crippen LogP contribution < -0.4 is 0 Å². The Kier molecular flexibility index (Phi) is 3.99. The van der Waals surface area contributed by atoms with Gasteiger partial charge in [0.05, 0.1) is 0 Å². The predicted molar refractivity (Wildman–Crippen MR) is 47.5 cm³/mol. The summed E-state index contributed by atoms with van der Waals surface area (Å²) >= 11 is 0. The van der Waals surface area contributed by atoms with E-state index in [1.165, 1.54) is 11.9 Å². The van der Waals surface area contributed by atoms with Gasteiger partial charge in [0.2, 0.25) is 15.0 Å². The quantitative estimate of drug-likeness (QED) is 0.639. The number of halogens is 1. The molecule has 0 aromatic rings. The van der Waals surface area contributed by atoms with E-state index in [4.69, 9.17) is 10.7 Å². The molecule has 0 N–H and O–H groups in total. The highest BCUT2D eigenvalue weighted by molar-refractivity contribution is 8.14. The normalized spacial score (nSPS) is 11.8. The fourth-order valence-corrected chi connectivity index (χ4v) is 1.32. The molecule has 0 aliphatic carbocycles. The number of hydrogen-bond acceptors (Lipinski definition) is 3. The van der Waals surface area contributed by atoms with Gasteiger partial charge in [-0.2, -0.15) is 0 Å². The largest absolute Gasteiger partial charge is 0.342 e. The smallest absolute Gasteiger partial charge is 0.241 e. The number of amides is 1. The number of rotatable bonds is 3. The highest BCUT2D eigenvalue weighted by Gasteiger charge is 2.18. The Morgan fingerprint density at radius 3 is 2.17 bits per heavy atom. The van der Waals surface area contributed by atoms with Crippen LogP contribution in [-0.2, 0) is 13.8 Å². The maximum Gasteiger partial charge on any atom is 0.241 e. The number of hydrogen-bond donors (Lipinski definition) is 0. The SMILES string of the molecule is CC(C)N(C)C(=O)CS(=O)(=O)Cl. The first kappa shape index (κ1) is 11.7. The minimum atomic E-state index is -3.72. The molecule has 0 saturated carbocycles. The van der Waals surface area contributed by atoms with E-state index in [1.54, 1.807) is 13.8 Å². The van der Waals surface area contributed by atoms with E-state index >= 15 is 0 Å². The zero-order chi connectivity index (χ0) is 9.94. The van der Waals surface area contributed by atoms with Crippen molar-refractivity contribution in [3.63, 3.8) is 0 Å². The van der Waals surface area contributed by atoms with Crippen LogP contribution in [0.25, 0.3) is 0 Å². The molecule has 1 amide bonds. The van der Waals surface area contributed by atoms with Crippen molar-refractivity contribution in [2.75, 3.05) is 12.8 Å². The molecule has 0 saturated heterocycles. The summed E-state index contributed by atoms with van der Waals surface area (Å²) < 4.78 is 21.0. The van der Waals surface area contributed by atoms with Crippen LogP contribution in [0.4, 0.5) is 0 Å². The third-order valence-corrected chi connectivity index (χ3v) is 2.38. The lowest BCUT2D eigenvalue weighted by atomic mass is 10.3. The topological polar surface area (TPSA) is 54.5 Å². The molecule has 0 heterocycles. The van der Waals surface area contributed by atoms with Gasteiger partial charge in [-0.3, -0.25) is 4.79 Å². The average Bonchev–Trinajstić information content (AvgIpc) is 1.82. The zero-order valence-corrected chi connectivity index (χ0v) is 8.82. The maximum atomic E-state index is 11.1. The zero-order valence-electron chi connectivity index (χ0n) is 7.24. The van der Waals surface area contributed by atoms with Crippen molar-refractivity contribution in [2.24, 2.45) is 0 Å². The molecule has 0 radical (unpaired) electrons. The summed E-state index contributed by atoms with van der Waals surface area (Å²) in [5.74, 6) is -1.12. The first-order chi connectivity index (χ1) is 5.24. The van der Waals surface area contributed by atoms with Crippen LogP contribution in [0, 0.1) is 0 Å². The first-order valence-corrected chi connectivity index (χ1v) is 5.90. The van der Waals surface area contributed by atoms with E-state index in [9.17, 15) is 13.2 Å². The average molecular weight is 214 g/mol. The monoisotopic (exact) mass is 213 g/mol. The molecule has 4 nitrogen and oxygen atoms in total. The summed E-state index contributed by atoms with van der Waals surface area (Å²) in [7, 11) is 2.72. The molecule has 0 aromatic carbocycles. The van der Waals surface area contributed by atoms with Gasteiger partial charge in [-0.15, -0.1) is 0 Å². The van der Waals surface area contributed by atoms with Crippen molar-refractivity contribution in [1.29, 1.82) is 0 Å². The Morgan fingerprint density at radius 1 is 1.50 bits per heavy atom. The number of carbonyl (C=O) groups is 1. The summed E-state index contributed by atoms with van der Waals surface area (Å²) in [6.45, 7) is 3.58. The third kappa shape index (κ3) is 4.56. The second-order valence-corrected chi connectivity index (χ2v) is 5.56. The van der Waals surface area contributed by atoms with Crippen molar-refractivity contribution < 1.29 is 13.2 Å². The molecule has 12 heavy (non-hydrogen) atoms. The molecule has 0 atom stereocenters. The summed E-state index contributed by atoms with van der Waals surface area (Å²) in [4.78, 5) is 12.4. The molecule has 0 spiro atoms. The van der Waals surface area contributed by atoms with Gasteiger partial charge in [-0.05, 0) is 13.8 Å². The Bertz CT molecular complexity index is 260. The number of nitrogens with zero attached hydrogens (tertiary/aromatic N) is 1. The minimum absolute atomic E-state index is 0.0177. The van der Waals surface area contributed by atoms with Crippen molar-refractivity contribution in [2.45, 2.75) is 19.9 Å². The lowest BCUT2D eigenvalue weighted by Gasteiger charge is -2.20. The van der Waals surface area contributed by atoms with Gasteiger partial charge >= 0.3 is 0 Å². The molecule has 0 fully saturated rings. The summed E-state index contributed by atoms with van der Waals surface area (Å²) in [5, 5.41) is 0. The second-order valence-electron chi connectivity index (χ2n) is 2.78. The lowest BCUT2D eigenvalue weighted by Crippen LogP contribution is -2.36. The van der Waals surface area contributed by atoms with Crippen LogP contribution >= 0.6 is 10.7 Å². The van der Waals surface area contributed by atoms with Crippen LogP contribution in [0.1, 0.15) is 13.8 Å². The van der Waals surface area contributed by atoms with Gasteiger partial charge in [-0.25, -0.2) is 8.42 Å². The van der Waals surface area contributed by atoms with Gasteiger partial charge in [0.15, 0.2) is 0 Å². The predicted octanol–water partition coefficient (Wildman–Crippen LogP) is 0.422. The molecule has 6 heteroatoms. The van der Waals surface area contributed by atoms with Gasteiger partial charge in [0.1, 0.15) is 5.75 Å². The van der Waals surface area contributed by atoms with Crippen LogP contribution in [0.15, 0.2) is 0 Å². The number of carbonyl (C=O) groups excluding carboxylic acids is 1. The summed E-state index contributed by atoms with van der Waals surface area (Å²) in [5.41, 5.74) is 0. The van der Waals surface area contributed by atoms with Gasteiger partial charge in [0, 0.05) is 23.8 Å².